The highest BCUT2D eigenvalue weighted by Crippen LogP contribution is 2.32. The Labute approximate surface area is 235 Å². The summed E-state index contributed by atoms with van der Waals surface area (Å²) in [6.07, 6.45) is -5.63. The number of benzene rings is 4. The number of aliphatic hydroxyl groups is 2. The Kier molecular flexibility index (Phi) is 10.1. The van der Waals surface area contributed by atoms with Crippen LogP contribution in [0, 0.1) is 0 Å². The molecule has 4 aromatic carbocycles. The molecule has 0 saturated heterocycles. The smallest absolute Gasteiger partial charge is 0.116 e. The number of hydrogen-bond acceptors (Lipinski definition) is 6. The van der Waals surface area contributed by atoms with Crippen LogP contribution in [0.15, 0.2) is 121 Å². The normalized spacial score (nSPS) is 24.6. The maximum Gasteiger partial charge on any atom is 0.116 e. The number of aliphatic hydroxyl groups excluding tert-OH is 2. The monoisotopic (exact) mass is 540 g/mol. The molecular formula is C34H36O6. The summed E-state index contributed by atoms with van der Waals surface area (Å²) >= 11 is 0. The maximum atomic E-state index is 11.4. The standard InChI is InChI=1S/C34H36O6/c35-29-30(36)32(38-22-26-15-7-2-8-16-26)34(40-24-28-19-11-4-12-20-28)33(39-23-27-17-9-3-10-18-27)31(29)37-21-25-13-5-1-6-14-25/h1-20,29-36H,21-24H2/t29-,30-,31-,32-,33-,34+/m0/s1. The number of hydrogen-bond donors (Lipinski definition) is 2. The molecule has 0 spiro atoms. The largest absolute Gasteiger partial charge is 0.387 e. The fourth-order valence-electron chi connectivity index (χ4n) is 4.98. The van der Waals surface area contributed by atoms with Crippen molar-refractivity contribution in [3.05, 3.63) is 144 Å². The first-order chi connectivity index (χ1) is 19.7. The molecule has 0 amide bonds. The number of ether oxygens (including phenoxy) is 4. The quantitative estimate of drug-likeness (QED) is 0.262. The van der Waals surface area contributed by atoms with Crippen molar-refractivity contribution >= 4 is 0 Å². The fourth-order valence-corrected chi connectivity index (χ4v) is 4.98. The van der Waals surface area contributed by atoms with Crippen LogP contribution in [0.5, 0.6) is 0 Å². The summed E-state index contributed by atoms with van der Waals surface area (Å²) < 4.78 is 25.5. The topological polar surface area (TPSA) is 77.4 Å². The molecule has 4 aromatic rings. The van der Waals surface area contributed by atoms with Crippen molar-refractivity contribution in [3.63, 3.8) is 0 Å². The van der Waals surface area contributed by atoms with E-state index >= 15 is 0 Å². The first kappa shape index (κ1) is 28.2. The van der Waals surface area contributed by atoms with Gasteiger partial charge in [-0.3, -0.25) is 0 Å². The van der Waals surface area contributed by atoms with Gasteiger partial charge in [-0.25, -0.2) is 0 Å². The van der Waals surface area contributed by atoms with Crippen LogP contribution in [0.3, 0.4) is 0 Å². The highest BCUT2D eigenvalue weighted by Gasteiger charge is 2.52. The fraction of sp³-hybridized carbons (Fsp3) is 0.294. The van der Waals surface area contributed by atoms with E-state index in [2.05, 4.69) is 0 Å². The van der Waals surface area contributed by atoms with E-state index in [-0.39, 0.29) is 26.4 Å². The van der Waals surface area contributed by atoms with Gasteiger partial charge in [-0.1, -0.05) is 121 Å². The van der Waals surface area contributed by atoms with Crippen LogP contribution in [-0.4, -0.2) is 46.8 Å². The van der Waals surface area contributed by atoms with Crippen LogP contribution >= 0.6 is 0 Å². The molecule has 0 radical (unpaired) electrons. The summed E-state index contributed by atoms with van der Waals surface area (Å²) in [5.41, 5.74) is 3.87. The molecule has 1 aliphatic carbocycles. The van der Waals surface area contributed by atoms with E-state index in [0.29, 0.717) is 0 Å². The Morgan fingerprint density at radius 1 is 0.350 bits per heavy atom. The van der Waals surface area contributed by atoms with Crippen molar-refractivity contribution in [2.24, 2.45) is 0 Å². The lowest BCUT2D eigenvalue weighted by molar-refractivity contribution is -0.273. The molecule has 0 unspecified atom stereocenters. The summed E-state index contributed by atoms with van der Waals surface area (Å²) in [5.74, 6) is 0. The Morgan fingerprint density at radius 3 is 0.825 bits per heavy atom. The van der Waals surface area contributed by atoms with Crippen LogP contribution in [-0.2, 0) is 45.4 Å². The predicted octanol–water partition coefficient (Wildman–Crippen LogP) is 5.06. The van der Waals surface area contributed by atoms with Gasteiger partial charge in [0.1, 0.15) is 36.6 Å². The molecule has 6 atom stereocenters. The lowest BCUT2D eigenvalue weighted by Gasteiger charge is -2.47. The lowest BCUT2D eigenvalue weighted by atomic mass is 9.84. The Morgan fingerprint density at radius 2 is 0.575 bits per heavy atom. The van der Waals surface area contributed by atoms with Crippen molar-refractivity contribution in [2.45, 2.75) is 63.1 Å². The third-order valence-corrected chi connectivity index (χ3v) is 7.14. The van der Waals surface area contributed by atoms with Crippen LogP contribution in [0.4, 0.5) is 0 Å². The Hall–Kier alpha value is -3.36. The molecule has 0 bridgehead atoms. The molecule has 5 rings (SSSR count). The molecule has 1 aliphatic rings. The van der Waals surface area contributed by atoms with Gasteiger partial charge in [0, 0.05) is 0 Å². The molecule has 40 heavy (non-hydrogen) atoms. The van der Waals surface area contributed by atoms with Gasteiger partial charge < -0.3 is 29.2 Å². The zero-order chi connectivity index (χ0) is 27.6. The van der Waals surface area contributed by atoms with Crippen molar-refractivity contribution in [1.82, 2.24) is 0 Å². The predicted molar refractivity (Wildman–Crippen MR) is 152 cm³/mol. The van der Waals surface area contributed by atoms with Gasteiger partial charge >= 0.3 is 0 Å². The molecule has 6 nitrogen and oxygen atoms in total. The highest BCUT2D eigenvalue weighted by atomic mass is 16.6. The minimum absolute atomic E-state index is 0.251. The summed E-state index contributed by atoms with van der Waals surface area (Å²) in [7, 11) is 0. The van der Waals surface area contributed by atoms with E-state index in [1.807, 2.05) is 121 Å². The van der Waals surface area contributed by atoms with Crippen LogP contribution in [0.1, 0.15) is 22.3 Å². The van der Waals surface area contributed by atoms with Crippen molar-refractivity contribution in [2.75, 3.05) is 0 Å². The Balaban J connectivity index is 1.42. The average molecular weight is 541 g/mol. The summed E-state index contributed by atoms with van der Waals surface area (Å²) in [6.45, 7) is 1.08. The summed E-state index contributed by atoms with van der Waals surface area (Å²) in [4.78, 5) is 0. The average Bonchev–Trinajstić information content (AvgIpc) is 3.01. The summed E-state index contributed by atoms with van der Waals surface area (Å²) in [6, 6.07) is 39.1. The second-order valence-corrected chi connectivity index (χ2v) is 10.0. The van der Waals surface area contributed by atoms with Gasteiger partial charge in [-0.05, 0) is 22.3 Å². The first-order valence-electron chi connectivity index (χ1n) is 13.7. The van der Waals surface area contributed by atoms with E-state index in [1.54, 1.807) is 0 Å². The maximum absolute atomic E-state index is 11.4. The van der Waals surface area contributed by atoms with Gasteiger partial charge in [-0.15, -0.1) is 0 Å². The van der Waals surface area contributed by atoms with E-state index in [1.165, 1.54) is 0 Å². The first-order valence-corrected chi connectivity index (χ1v) is 13.7. The second kappa shape index (κ2) is 14.3. The third-order valence-electron chi connectivity index (χ3n) is 7.14. The van der Waals surface area contributed by atoms with E-state index in [9.17, 15) is 10.2 Å². The highest BCUT2D eigenvalue weighted by molar-refractivity contribution is 5.17. The third kappa shape index (κ3) is 7.43. The van der Waals surface area contributed by atoms with E-state index < -0.39 is 36.6 Å². The molecule has 0 aromatic heterocycles. The van der Waals surface area contributed by atoms with Crippen LogP contribution in [0.2, 0.25) is 0 Å². The van der Waals surface area contributed by atoms with Gasteiger partial charge in [0.15, 0.2) is 0 Å². The summed E-state index contributed by atoms with van der Waals surface area (Å²) in [5, 5.41) is 22.7. The van der Waals surface area contributed by atoms with Crippen molar-refractivity contribution < 1.29 is 29.2 Å². The van der Waals surface area contributed by atoms with Gasteiger partial charge in [-0.2, -0.15) is 0 Å². The molecule has 2 N–H and O–H groups in total. The van der Waals surface area contributed by atoms with E-state index in [4.69, 9.17) is 18.9 Å². The zero-order valence-electron chi connectivity index (χ0n) is 22.4. The minimum Gasteiger partial charge on any atom is -0.387 e. The molecule has 1 saturated carbocycles. The number of rotatable bonds is 12. The van der Waals surface area contributed by atoms with Crippen LogP contribution in [0.25, 0.3) is 0 Å². The molecule has 208 valence electrons. The molecule has 0 heterocycles. The second-order valence-electron chi connectivity index (χ2n) is 10.0. The van der Waals surface area contributed by atoms with Crippen molar-refractivity contribution in [3.8, 4) is 0 Å². The van der Waals surface area contributed by atoms with Crippen LogP contribution < -0.4 is 0 Å². The van der Waals surface area contributed by atoms with Gasteiger partial charge in [0.25, 0.3) is 0 Å². The van der Waals surface area contributed by atoms with Gasteiger partial charge in [0.05, 0.1) is 26.4 Å². The molecule has 1 fully saturated rings. The van der Waals surface area contributed by atoms with Gasteiger partial charge in [0.2, 0.25) is 0 Å². The molecule has 6 heteroatoms. The lowest BCUT2D eigenvalue weighted by Crippen LogP contribution is -2.66. The van der Waals surface area contributed by atoms with Crippen molar-refractivity contribution in [1.29, 1.82) is 0 Å². The van der Waals surface area contributed by atoms with E-state index in [0.717, 1.165) is 22.3 Å². The minimum atomic E-state index is -1.25. The molecule has 0 aliphatic heterocycles. The Bertz CT molecular complexity index is 1150. The SMILES string of the molecule is O[C@H]1[C@H](O)[C@H](OCc2ccccc2)[C@@H](OCc2ccccc2)[C@@H](OCc2ccccc2)[C@H]1OCc1ccccc1. The zero-order valence-corrected chi connectivity index (χ0v) is 22.4. The molecular weight excluding hydrogens is 504 g/mol.